The first-order valence-corrected chi connectivity index (χ1v) is 10.8. The lowest BCUT2D eigenvalue weighted by Crippen LogP contribution is -2.52. The second kappa shape index (κ2) is 8.70. The van der Waals surface area contributed by atoms with Crippen molar-refractivity contribution in [3.05, 3.63) is 0 Å². The summed E-state index contributed by atoms with van der Waals surface area (Å²) in [6, 6.07) is -0.427. The highest BCUT2D eigenvalue weighted by Gasteiger charge is 2.40. The molecule has 0 aromatic carbocycles. The third kappa shape index (κ3) is 4.97. The average Bonchev–Trinajstić information content (AvgIpc) is 3.16. The largest absolute Gasteiger partial charge is 0.444 e. The molecule has 3 fully saturated rings. The van der Waals surface area contributed by atoms with Crippen molar-refractivity contribution in [2.45, 2.75) is 77.4 Å². The summed E-state index contributed by atoms with van der Waals surface area (Å²) >= 11 is 0. The first-order chi connectivity index (χ1) is 13.3. The molecule has 0 unspecified atom stereocenters. The second-order valence-electron chi connectivity index (χ2n) is 9.32. The topological polar surface area (TPSA) is 70.2 Å². The van der Waals surface area contributed by atoms with Crippen molar-refractivity contribution in [2.75, 3.05) is 32.7 Å². The van der Waals surface area contributed by atoms with Gasteiger partial charge in [0.05, 0.1) is 0 Å². The molecule has 3 aliphatic heterocycles. The first-order valence-electron chi connectivity index (χ1n) is 10.8. The van der Waals surface area contributed by atoms with Gasteiger partial charge in [0.2, 0.25) is 11.8 Å². The van der Waals surface area contributed by atoms with Crippen molar-refractivity contribution in [2.24, 2.45) is 5.92 Å². The number of carbonyl (C=O) groups is 3. The summed E-state index contributed by atoms with van der Waals surface area (Å²) < 4.78 is 5.47. The normalized spacial score (nSPS) is 24.4. The van der Waals surface area contributed by atoms with Crippen LogP contribution in [0.25, 0.3) is 0 Å². The fraction of sp³-hybridized carbons (Fsp3) is 0.857. The molecule has 0 saturated carbocycles. The van der Waals surface area contributed by atoms with Gasteiger partial charge in [0, 0.05) is 38.6 Å². The lowest BCUT2D eigenvalue weighted by Gasteiger charge is -2.37. The standard InChI is InChI=1S/C21H35N3O4/c1-21(2,3)28-20(27)24-13-7-8-17(24)19(26)23-14-9-16(10-15-23)18(25)22-11-5-4-6-12-22/h16-17H,4-15H2,1-3H3/t17-/m0/s1. The van der Waals surface area contributed by atoms with Crippen molar-refractivity contribution in [3.63, 3.8) is 0 Å². The van der Waals surface area contributed by atoms with Gasteiger partial charge in [-0.2, -0.15) is 0 Å². The molecular formula is C21H35N3O4. The Kier molecular flexibility index (Phi) is 6.50. The molecule has 3 rings (SSSR count). The number of carbonyl (C=O) groups excluding carboxylic acids is 3. The molecule has 0 N–H and O–H groups in total. The molecule has 3 amide bonds. The van der Waals surface area contributed by atoms with E-state index in [0.717, 1.165) is 45.2 Å². The van der Waals surface area contributed by atoms with Crippen LogP contribution in [-0.4, -0.2) is 77.0 Å². The Bertz CT molecular complexity index is 587. The Morgan fingerprint density at radius 1 is 0.750 bits per heavy atom. The monoisotopic (exact) mass is 393 g/mol. The second-order valence-corrected chi connectivity index (χ2v) is 9.32. The van der Waals surface area contributed by atoms with Crippen molar-refractivity contribution in [1.82, 2.24) is 14.7 Å². The fourth-order valence-electron chi connectivity index (χ4n) is 4.49. The van der Waals surface area contributed by atoms with E-state index in [1.165, 1.54) is 6.42 Å². The predicted octanol–water partition coefficient (Wildman–Crippen LogP) is 2.64. The summed E-state index contributed by atoms with van der Waals surface area (Å²) in [5, 5.41) is 0. The Labute approximate surface area is 168 Å². The Morgan fingerprint density at radius 2 is 1.36 bits per heavy atom. The molecule has 0 aromatic rings. The number of nitrogens with zero attached hydrogens (tertiary/aromatic N) is 3. The van der Waals surface area contributed by atoms with Crippen LogP contribution in [0, 0.1) is 5.92 Å². The van der Waals surface area contributed by atoms with Crippen LogP contribution in [0.2, 0.25) is 0 Å². The smallest absolute Gasteiger partial charge is 0.410 e. The number of amides is 3. The maximum Gasteiger partial charge on any atom is 0.410 e. The van der Waals surface area contributed by atoms with Gasteiger partial charge in [-0.25, -0.2) is 4.79 Å². The fourth-order valence-corrected chi connectivity index (χ4v) is 4.49. The molecule has 0 bridgehead atoms. The number of hydrogen-bond donors (Lipinski definition) is 0. The lowest BCUT2D eigenvalue weighted by atomic mass is 9.94. The van der Waals surface area contributed by atoms with E-state index in [4.69, 9.17) is 4.74 Å². The van der Waals surface area contributed by atoms with Crippen LogP contribution >= 0.6 is 0 Å². The minimum atomic E-state index is -0.569. The van der Waals surface area contributed by atoms with E-state index in [9.17, 15) is 14.4 Å². The molecule has 0 aromatic heterocycles. The van der Waals surface area contributed by atoms with E-state index in [0.29, 0.717) is 26.1 Å². The van der Waals surface area contributed by atoms with Gasteiger partial charge < -0.3 is 14.5 Å². The molecule has 7 nitrogen and oxygen atoms in total. The van der Waals surface area contributed by atoms with E-state index in [1.54, 1.807) is 4.90 Å². The molecule has 158 valence electrons. The number of likely N-dealkylation sites (tertiary alicyclic amines) is 3. The van der Waals surface area contributed by atoms with E-state index < -0.39 is 17.7 Å². The highest BCUT2D eigenvalue weighted by atomic mass is 16.6. The third-order valence-corrected chi connectivity index (χ3v) is 5.99. The number of piperidine rings is 2. The van der Waals surface area contributed by atoms with Gasteiger partial charge in [-0.05, 0) is 65.7 Å². The first kappa shape index (κ1) is 20.9. The van der Waals surface area contributed by atoms with E-state index in [2.05, 4.69) is 0 Å². The number of rotatable bonds is 2. The van der Waals surface area contributed by atoms with Crippen molar-refractivity contribution in [1.29, 1.82) is 0 Å². The van der Waals surface area contributed by atoms with Gasteiger partial charge in [-0.3, -0.25) is 14.5 Å². The minimum Gasteiger partial charge on any atom is -0.444 e. The molecular weight excluding hydrogens is 358 g/mol. The molecule has 0 spiro atoms. The van der Waals surface area contributed by atoms with E-state index in [1.807, 2.05) is 30.6 Å². The SMILES string of the molecule is CC(C)(C)OC(=O)N1CCC[C@H]1C(=O)N1CCC(C(=O)N2CCCCC2)CC1. The molecule has 3 saturated heterocycles. The van der Waals surface area contributed by atoms with Crippen LogP contribution < -0.4 is 0 Å². The van der Waals surface area contributed by atoms with Gasteiger partial charge in [-0.15, -0.1) is 0 Å². The van der Waals surface area contributed by atoms with Crippen LogP contribution in [0.5, 0.6) is 0 Å². The van der Waals surface area contributed by atoms with Crippen LogP contribution in [0.4, 0.5) is 4.79 Å². The van der Waals surface area contributed by atoms with Gasteiger partial charge in [-0.1, -0.05) is 0 Å². The Balaban J connectivity index is 1.52. The molecule has 0 aliphatic carbocycles. The van der Waals surface area contributed by atoms with Crippen LogP contribution in [0.1, 0.15) is 65.7 Å². The zero-order valence-electron chi connectivity index (χ0n) is 17.6. The van der Waals surface area contributed by atoms with Gasteiger partial charge in [0.25, 0.3) is 0 Å². The van der Waals surface area contributed by atoms with Gasteiger partial charge in [0.1, 0.15) is 11.6 Å². The minimum absolute atomic E-state index is 0.00670. The third-order valence-electron chi connectivity index (χ3n) is 5.99. The summed E-state index contributed by atoms with van der Waals surface area (Å²) in [6.45, 7) is 9.03. The van der Waals surface area contributed by atoms with Crippen LogP contribution in [-0.2, 0) is 14.3 Å². The summed E-state index contributed by atoms with van der Waals surface area (Å²) in [4.78, 5) is 43.6. The van der Waals surface area contributed by atoms with Gasteiger partial charge in [0.15, 0.2) is 0 Å². The van der Waals surface area contributed by atoms with Crippen molar-refractivity contribution >= 4 is 17.9 Å². The van der Waals surface area contributed by atoms with E-state index in [-0.39, 0.29) is 17.7 Å². The highest BCUT2D eigenvalue weighted by Crippen LogP contribution is 2.26. The molecule has 28 heavy (non-hydrogen) atoms. The quantitative estimate of drug-likeness (QED) is 0.723. The number of hydrogen-bond acceptors (Lipinski definition) is 4. The zero-order chi connectivity index (χ0) is 20.3. The lowest BCUT2D eigenvalue weighted by molar-refractivity contribution is -0.143. The Hall–Kier alpha value is -1.79. The summed E-state index contributed by atoms with van der Waals surface area (Å²) in [5.74, 6) is 0.308. The highest BCUT2D eigenvalue weighted by molar-refractivity contribution is 5.87. The van der Waals surface area contributed by atoms with Crippen molar-refractivity contribution < 1.29 is 19.1 Å². The molecule has 0 radical (unpaired) electrons. The summed E-state index contributed by atoms with van der Waals surface area (Å²) in [6.07, 6.45) is 5.96. The van der Waals surface area contributed by atoms with E-state index >= 15 is 0 Å². The maximum absolute atomic E-state index is 13.0. The molecule has 3 heterocycles. The molecule has 7 heteroatoms. The average molecular weight is 394 g/mol. The maximum atomic E-state index is 13.0. The summed E-state index contributed by atoms with van der Waals surface area (Å²) in [5.41, 5.74) is -0.569. The zero-order valence-corrected chi connectivity index (χ0v) is 17.6. The van der Waals surface area contributed by atoms with Crippen LogP contribution in [0.3, 0.4) is 0 Å². The summed E-state index contributed by atoms with van der Waals surface area (Å²) in [7, 11) is 0. The molecule has 3 aliphatic rings. The Morgan fingerprint density at radius 3 is 1.96 bits per heavy atom. The van der Waals surface area contributed by atoms with Crippen LogP contribution in [0.15, 0.2) is 0 Å². The molecule has 1 atom stereocenters. The predicted molar refractivity (Wildman–Crippen MR) is 106 cm³/mol. The van der Waals surface area contributed by atoms with Gasteiger partial charge >= 0.3 is 6.09 Å². The van der Waals surface area contributed by atoms with Crippen molar-refractivity contribution in [3.8, 4) is 0 Å². The number of ether oxygens (including phenoxy) is 1.